The molecule has 0 amide bonds. The molecule has 0 spiro atoms. The SMILES string of the molecule is CC1=CCC(N2CCCN(C)CC2)C=C1F. The molecule has 1 atom stereocenters. The van der Waals surface area contributed by atoms with Crippen molar-refractivity contribution < 1.29 is 4.39 Å². The summed E-state index contributed by atoms with van der Waals surface area (Å²) in [5.41, 5.74) is 0.795. The molecule has 2 aliphatic rings. The second-order valence-corrected chi connectivity index (χ2v) is 4.90. The zero-order valence-corrected chi connectivity index (χ0v) is 10.2. The highest BCUT2D eigenvalue weighted by atomic mass is 19.1. The van der Waals surface area contributed by atoms with Gasteiger partial charge in [0.2, 0.25) is 0 Å². The van der Waals surface area contributed by atoms with Gasteiger partial charge in [-0.2, -0.15) is 0 Å². The molecule has 0 N–H and O–H groups in total. The zero-order valence-electron chi connectivity index (χ0n) is 10.2. The van der Waals surface area contributed by atoms with E-state index in [2.05, 4.69) is 16.8 Å². The highest BCUT2D eigenvalue weighted by Gasteiger charge is 2.21. The first-order valence-corrected chi connectivity index (χ1v) is 6.14. The van der Waals surface area contributed by atoms with Crippen LogP contribution in [0.1, 0.15) is 19.8 Å². The Hall–Kier alpha value is -0.670. The predicted octanol–water partition coefficient (Wildman–Crippen LogP) is 2.20. The summed E-state index contributed by atoms with van der Waals surface area (Å²) in [7, 11) is 2.16. The largest absolute Gasteiger partial charge is 0.305 e. The van der Waals surface area contributed by atoms with Crippen molar-refractivity contribution in [2.75, 3.05) is 33.2 Å². The van der Waals surface area contributed by atoms with Gasteiger partial charge in [-0.15, -0.1) is 0 Å². The molecule has 0 aromatic rings. The molecule has 0 radical (unpaired) electrons. The van der Waals surface area contributed by atoms with Gasteiger partial charge in [-0.05, 0) is 45.0 Å². The average Bonchev–Trinajstić information content (AvgIpc) is 2.47. The van der Waals surface area contributed by atoms with Crippen LogP contribution < -0.4 is 0 Å². The minimum atomic E-state index is -0.0335. The van der Waals surface area contributed by atoms with Gasteiger partial charge in [-0.25, -0.2) is 4.39 Å². The number of rotatable bonds is 1. The third-order valence-electron chi connectivity index (χ3n) is 3.60. The lowest BCUT2D eigenvalue weighted by Crippen LogP contribution is -2.37. The highest BCUT2D eigenvalue weighted by Crippen LogP contribution is 2.23. The molecule has 1 heterocycles. The van der Waals surface area contributed by atoms with Gasteiger partial charge in [0.15, 0.2) is 0 Å². The monoisotopic (exact) mass is 224 g/mol. The maximum Gasteiger partial charge on any atom is 0.123 e. The maximum absolute atomic E-state index is 13.5. The summed E-state index contributed by atoms with van der Waals surface area (Å²) in [6.45, 7) is 6.24. The lowest BCUT2D eigenvalue weighted by atomic mass is 10.0. The molecule has 1 unspecified atom stereocenters. The molecule has 1 aliphatic heterocycles. The van der Waals surface area contributed by atoms with Crippen molar-refractivity contribution in [3.63, 3.8) is 0 Å². The minimum absolute atomic E-state index is 0.0335. The van der Waals surface area contributed by atoms with E-state index in [0.29, 0.717) is 0 Å². The summed E-state index contributed by atoms with van der Waals surface area (Å²) in [4.78, 5) is 4.76. The van der Waals surface area contributed by atoms with Crippen LogP contribution in [0.4, 0.5) is 4.39 Å². The van der Waals surface area contributed by atoms with Crippen LogP contribution in [0.15, 0.2) is 23.6 Å². The Labute approximate surface area is 97.4 Å². The number of hydrogen-bond acceptors (Lipinski definition) is 2. The third-order valence-corrected chi connectivity index (χ3v) is 3.60. The van der Waals surface area contributed by atoms with Crippen LogP contribution in [0.3, 0.4) is 0 Å². The molecule has 3 heteroatoms. The van der Waals surface area contributed by atoms with Crippen molar-refractivity contribution in [3.8, 4) is 0 Å². The summed E-state index contributed by atoms with van der Waals surface area (Å²) in [5, 5.41) is 0. The molecule has 16 heavy (non-hydrogen) atoms. The smallest absolute Gasteiger partial charge is 0.123 e. The van der Waals surface area contributed by atoms with E-state index in [0.717, 1.165) is 38.2 Å². The molecule has 0 aromatic carbocycles. The van der Waals surface area contributed by atoms with Gasteiger partial charge in [-0.1, -0.05) is 6.08 Å². The van der Waals surface area contributed by atoms with Crippen molar-refractivity contribution in [1.82, 2.24) is 9.80 Å². The molecular formula is C13H21FN2. The van der Waals surface area contributed by atoms with E-state index < -0.39 is 0 Å². The first-order valence-electron chi connectivity index (χ1n) is 6.14. The van der Waals surface area contributed by atoms with Gasteiger partial charge in [-0.3, -0.25) is 4.90 Å². The van der Waals surface area contributed by atoms with Crippen LogP contribution in [0.25, 0.3) is 0 Å². The molecule has 0 aromatic heterocycles. The lowest BCUT2D eigenvalue weighted by Gasteiger charge is -2.29. The van der Waals surface area contributed by atoms with Crippen molar-refractivity contribution in [3.05, 3.63) is 23.6 Å². The van der Waals surface area contributed by atoms with Crippen molar-refractivity contribution in [2.45, 2.75) is 25.8 Å². The van der Waals surface area contributed by atoms with E-state index in [1.54, 1.807) is 6.08 Å². The summed E-state index contributed by atoms with van der Waals surface area (Å²) in [6.07, 6.45) is 5.96. The summed E-state index contributed by atoms with van der Waals surface area (Å²) in [5.74, 6) is -0.0335. The maximum atomic E-state index is 13.5. The van der Waals surface area contributed by atoms with Crippen LogP contribution >= 0.6 is 0 Å². The predicted molar refractivity (Wildman–Crippen MR) is 65.0 cm³/mol. The van der Waals surface area contributed by atoms with E-state index in [1.165, 1.54) is 6.42 Å². The van der Waals surface area contributed by atoms with Crippen molar-refractivity contribution >= 4 is 0 Å². The molecule has 1 fully saturated rings. The van der Waals surface area contributed by atoms with Crippen molar-refractivity contribution in [2.24, 2.45) is 0 Å². The molecule has 1 saturated heterocycles. The summed E-state index contributed by atoms with van der Waals surface area (Å²) < 4.78 is 13.5. The summed E-state index contributed by atoms with van der Waals surface area (Å²) in [6, 6.07) is 0.273. The Bertz CT molecular complexity index is 309. The molecule has 90 valence electrons. The van der Waals surface area contributed by atoms with E-state index in [9.17, 15) is 4.39 Å². The van der Waals surface area contributed by atoms with Gasteiger partial charge in [0, 0.05) is 25.7 Å². The number of likely N-dealkylation sites (N-methyl/N-ethyl adjacent to an activating group) is 1. The van der Waals surface area contributed by atoms with Crippen LogP contribution in [0, 0.1) is 0 Å². The third kappa shape index (κ3) is 2.71. The topological polar surface area (TPSA) is 6.48 Å². The van der Waals surface area contributed by atoms with Crippen LogP contribution in [0.5, 0.6) is 0 Å². The Morgan fingerprint density at radius 1 is 1.25 bits per heavy atom. The molecule has 1 aliphatic carbocycles. The second kappa shape index (κ2) is 5.11. The van der Waals surface area contributed by atoms with Crippen LogP contribution in [-0.2, 0) is 0 Å². The Balaban J connectivity index is 1.98. The van der Waals surface area contributed by atoms with Crippen molar-refractivity contribution in [1.29, 1.82) is 0 Å². The average molecular weight is 224 g/mol. The van der Waals surface area contributed by atoms with Gasteiger partial charge >= 0.3 is 0 Å². The quantitative estimate of drug-likeness (QED) is 0.673. The normalized spacial score (nSPS) is 29.6. The highest BCUT2D eigenvalue weighted by molar-refractivity contribution is 5.29. The first kappa shape index (κ1) is 11.8. The van der Waals surface area contributed by atoms with E-state index in [1.807, 2.05) is 13.0 Å². The minimum Gasteiger partial charge on any atom is -0.305 e. The van der Waals surface area contributed by atoms with E-state index in [4.69, 9.17) is 0 Å². The first-order chi connectivity index (χ1) is 7.66. The molecule has 0 saturated carbocycles. The molecule has 2 rings (SSSR count). The second-order valence-electron chi connectivity index (χ2n) is 4.90. The van der Waals surface area contributed by atoms with Gasteiger partial charge < -0.3 is 4.90 Å². The van der Waals surface area contributed by atoms with Gasteiger partial charge in [0.05, 0.1) is 0 Å². The zero-order chi connectivity index (χ0) is 11.5. The molecule has 0 bridgehead atoms. The van der Waals surface area contributed by atoms with E-state index in [-0.39, 0.29) is 11.9 Å². The molecular weight excluding hydrogens is 203 g/mol. The number of halogens is 1. The lowest BCUT2D eigenvalue weighted by molar-refractivity contribution is 0.231. The van der Waals surface area contributed by atoms with E-state index >= 15 is 0 Å². The van der Waals surface area contributed by atoms with Crippen LogP contribution in [0.2, 0.25) is 0 Å². The van der Waals surface area contributed by atoms with Crippen LogP contribution in [-0.4, -0.2) is 49.1 Å². The number of nitrogens with zero attached hydrogens (tertiary/aromatic N) is 2. The Morgan fingerprint density at radius 3 is 2.81 bits per heavy atom. The Morgan fingerprint density at radius 2 is 2.06 bits per heavy atom. The fourth-order valence-electron chi connectivity index (χ4n) is 2.42. The van der Waals surface area contributed by atoms with Gasteiger partial charge in [0.1, 0.15) is 5.83 Å². The standard InChI is InChI=1S/C13H21FN2/c1-11-4-5-12(10-13(11)14)16-7-3-6-15(2)8-9-16/h4,10,12H,3,5-9H2,1-2H3. The Kier molecular flexibility index (Phi) is 3.77. The fraction of sp³-hybridized carbons (Fsp3) is 0.692. The number of allylic oxidation sites excluding steroid dienone is 2. The fourth-order valence-corrected chi connectivity index (χ4v) is 2.42. The summed E-state index contributed by atoms with van der Waals surface area (Å²) >= 11 is 0. The number of hydrogen-bond donors (Lipinski definition) is 0. The van der Waals surface area contributed by atoms with Gasteiger partial charge in [0.25, 0.3) is 0 Å². The molecule has 2 nitrogen and oxygen atoms in total.